The van der Waals surface area contributed by atoms with Gasteiger partial charge in [-0.1, -0.05) is 11.6 Å². The molecule has 0 unspecified atom stereocenters. The number of hydrogen-bond acceptors (Lipinski definition) is 2. The molecule has 1 aromatic heterocycles. The predicted octanol–water partition coefficient (Wildman–Crippen LogP) is 2.48. The van der Waals surface area contributed by atoms with E-state index in [0.717, 1.165) is 11.5 Å². The molecule has 2 rings (SSSR count). The Bertz CT molecular complexity index is 262. The third-order valence-electron chi connectivity index (χ3n) is 1.60. The number of rotatable bonds is 0. The van der Waals surface area contributed by atoms with E-state index >= 15 is 0 Å². The lowest BCUT2D eigenvalue weighted by atomic mass is 10.2. The molecule has 1 aromatic rings. The topological polar surface area (TPSA) is 12.9 Å². The zero-order chi connectivity index (χ0) is 6.97. The normalized spacial score (nSPS) is 15.3. The molecule has 0 amide bonds. The summed E-state index contributed by atoms with van der Waals surface area (Å²) in [6, 6.07) is 2.04. The first kappa shape index (κ1) is 6.50. The van der Waals surface area contributed by atoms with Crippen molar-refractivity contribution in [3.8, 4) is 0 Å². The van der Waals surface area contributed by atoms with Crippen molar-refractivity contribution in [3.05, 3.63) is 28.5 Å². The van der Waals surface area contributed by atoms with Crippen LogP contribution in [0.4, 0.5) is 0 Å². The minimum absolute atomic E-state index is 0.683. The average Bonchev–Trinajstić information content (AvgIpc) is 2.36. The van der Waals surface area contributed by atoms with Gasteiger partial charge >= 0.3 is 0 Å². The maximum Gasteiger partial charge on any atom is 0.133 e. The molecule has 3 heteroatoms. The molecule has 0 radical (unpaired) electrons. The van der Waals surface area contributed by atoms with Gasteiger partial charge in [0.15, 0.2) is 0 Å². The van der Waals surface area contributed by atoms with Gasteiger partial charge in [0.05, 0.1) is 0 Å². The van der Waals surface area contributed by atoms with Crippen LogP contribution in [-0.2, 0) is 11.5 Å². The van der Waals surface area contributed by atoms with E-state index in [-0.39, 0.29) is 0 Å². The van der Waals surface area contributed by atoms with E-state index in [0.29, 0.717) is 5.15 Å². The highest BCUT2D eigenvalue weighted by Gasteiger charge is 2.13. The van der Waals surface area contributed by atoms with Crippen LogP contribution in [0.2, 0.25) is 5.15 Å². The van der Waals surface area contributed by atoms with Gasteiger partial charge in [0.25, 0.3) is 0 Å². The van der Waals surface area contributed by atoms with Crippen LogP contribution in [0.1, 0.15) is 11.1 Å². The summed E-state index contributed by atoms with van der Waals surface area (Å²) < 4.78 is 0. The SMILES string of the molecule is Clc1nccc2c1CSC2. The molecule has 0 spiro atoms. The molecule has 0 bridgehead atoms. The second-order valence-electron chi connectivity index (χ2n) is 2.23. The van der Waals surface area contributed by atoms with Crippen LogP contribution in [0.3, 0.4) is 0 Å². The summed E-state index contributed by atoms with van der Waals surface area (Å²) in [5.41, 5.74) is 2.58. The van der Waals surface area contributed by atoms with Gasteiger partial charge in [0.1, 0.15) is 5.15 Å². The van der Waals surface area contributed by atoms with Crippen molar-refractivity contribution in [1.82, 2.24) is 4.98 Å². The third-order valence-corrected chi connectivity index (χ3v) is 2.94. The van der Waals surface area contributed by atoms with Crippen LogP contribution < -0.4 is 0 Å². The van der Waals surface area contributed by atoms with Crippen molar-refractivity contribution in [2.75, 3.05) is 0 Å². The van der Waals surface area contributed by atoms with Crippen molar-refractivity contribution >= 4 is 23.4 Å². The summed E-state index contributed by atoms with van der Waals surface area (Å²) >= 11 is 7.74. The molecular formula is C7H6ClNS. The molecule has 1 aliphatic rings. The number of fused-ring (bicyclic) bond motifs is 1. The lowest BCUT2D eigenvalue weighted by Crippen LogP contribution is -1.85. The molecule has 2 heterocycles. The first-order chi connectivity index (χ1) is 4.88. The quantitative estimate of drug-likeness (QED) is 0.557. The Balaban J connectivity index is 2.59. The molecule has 0 aliphatic carbocycles. The highest BCUT2D eigenvalue weighted by atomic mass is 35.5. The molecule has 1 aliphatic heterocycles. The van der Waals surface area contributed by atoms with E-state index < -0.39 is 0 Å². The fraction of sp³-hybridized carbons (Fsp3) is 0.286. The van der Waals surface area contributed by atoms with E-state index in [4.69, 9.17) is 11.6 Å². The van der Waals surface area contributed by atoms with E-state index in [1.165, 1.54) is 11.1 Å². The van der Waals surface area contributed by atoms with E-state index in [1.807, 2.05) is 17.8 Å². The second kappa shape index (κ2) is 2.44. The van der Waals surface area contributed by atoms with Crippen molar-refractivity contribution in [2.24, 2.45) is 0 Å². The lowest BCUT2D eigenvalue weighted by molar-refractivity contribution is 1.22. The van der Waals surface area contributed by atoms with Gasteiger partial charge in [0, 0.05) is 23.3 Å². The smallest absolute Gasteiger partial charge is 0.133 e. The summed E-state index contributed by atoms with van der Waals surface area (Å²) in [6.07, 6.45) is 1.77. The maximum atomic E-state index is 5.85. The van der Waals surface area contributed by atoms with Gasteiger partial charge in [0.2, 0.25) is 0 Å². The van der Waals surface area contributed by atoms with E-state index in [1.54, 1.807) is 6.20 Å². The fourth-order valence-corrected chi connectivity index (χ4v) is 2.50. The highest BCUT2D eigenvalue weighted by Crippen LogP contribution is 2.32. The Morgan fingerprint density at radius 1 is 1.50 bits per heavy atom. The number of hydrogen-bond donors (Lipinski definition) is 0. The molecule has 0 saturated carbocycles. The summed E-state index contributed by atoms with van der Waals surface area (Å²) in [5, 5.41) is 0.683. The van der Waals surface area contributed by atoms with E-state index in [9.17, 15) is 0 Å². The third kappa shape index (κ3) is 0.917. The number of halogens is 1. The first-order valence-electron chi connectivity index (χ1n) is 3.08. The van der Waals surface area contributed by atoms with Crippen LogP contribution in [0.15, 0.2) is 12.3 Å². The molecule has 10 heavy (non-hydrogen) atoms. The van der Waals surface area contributed by atoms with Crippen molar-refractivity contribution in [3.63, 3.8) is 0 Å². The molecular weight excluding hydrogens is 166 g/mol. The van der Waals surface area contributed by atoms with Gasteiger partial charge < -0.3 is 0 Å². The van der Waals surface area contributed by atoms with Crippen molar-refractivity contribution < 1.29 is 0 Å². The minimum Gasteiger partial charge on any atom is -0.244 e. The summed E-state index contributed by atoms with van der Waals surface area (Å²) in [7, 11) is 0. The van der Waals surface area contributed by atoms with Crippen molar-refractivity contribution in [1.29, 1.82) is 0 Å². The standard InChI is InChI=1S/C7H6ClNS/c8-7-6-4-10-3-5(6)1-2-9-7/h1-2H,3-4H2. The molecule has 0 atom stereocenters. The molecule has 0 saturated heterocycles. The lowest BCUT2D eigenvalue weighted by Gasteiger charge is -1.96. The molecule has 1 nitrogen and oxygen atoms in total. The minimum atomic E-state index is 0.683. The Labute approximate surface area is 68.8 Å². The van der Waals surface area contributed by atoms with Crippen LogP contribution in [0, 0.1) is 0 Å². The zero-order valence-electron chi connectivity index (χ0n) is 5.30. The number of nitrogens with zero attached hydrogens (tertiary/aromatic N) is 1. The summed E-state index contributed by atoms with van der Waals surface area (Å²) in [6.45, 7) is 0. The maximum absolute atomic E-state index is 5.85. The van der Waals surface area contributed by atoms with E-state index in [2.05, 4.69) is 4.98 Å². The number of pyridine rings is 1. The monoisotopic (exact) mass is 171 g/mol. The van der Waals surface area contributed by atoms with Crippen LogP contribution in [0.25, 0.3) is 0 Å². The zero-order valence-corrected chi connectivity index (χ0v) is 6.87. The number of thioether (sulfide) groups is 1. The Kier molecular flexibility index (Phi) is 1.58. The van der Waals surface area contributed by atoms with Crippen LogP contribution in [-0.4, -0.2) is 4.98 Å². The van der Waals surface area contributed by atoms with Gasteiger partial charge in [-0.3, -0.25) is 0 Å². The van der Waals surface area contributed by atoms with Gasteiger partial charge in [-0.05, 0) is 11.6 Å². The summed E-state index contributed by atoms with van der Waals surface area (Å²) in [4.78, 5) is 4.00. The Morgan fingerprint density at radius 2 is 2.40 bits per heavy atom. The van der Waals surface area contributed by atoms with Gasteiger partial charge in [-0.2, -0.15) is 11.8 Å². The predicted molar refractivity (Wildman–Crippen MR) is 44.2 cm³/mol. The Morgan fingerprint density at radius 3 is 3.20 bits per heavy atom. The van der Waals surface area contributed by atoms with Crippen LogP contribution in [0.5, 0.6) is 0 Å². The first-order valence-corrected chi connectivity index (χ1v) is 4.61. The number of aromatic nitrogens is 1. The fourth-order valence-electron chi connectivity index (χ4n) is 1.05. The Hall–Kier alpha value is -0.210. The van der Waals surface area contributed by atoms with Gasteiger partial charge in [-0.15, -0.1) is 0 Å². The molecule has 0 fully saturated rings. The largest absolute Gasteiger partial charge is 0.244 e. The van der Waals surface area contributed by atoms with Gasteiger partial charge in [-0.25, -0.2) is 4.98 Å². The summed E-state index contributed by atoms with van der Waals surface area (Å²) in [5.74, 6) is 2.12. The average molecular weight is 172 g/mol. The molecule has 0 aromatic carbocycles. The van der Waals surface area contributed by atoms with Crippen LogP contribution >= 0.6 is 23.4 Å². The molecule has 52 valence electrons. The second-order valence-corrected chi connectivity index (χ2v) is 3.58. The highest BCUT2D eigenvalue weighted by molar-refractivity contribution is 7.98. The van der Waals surface area contributed by atoms with Crippen molar-refractivity contribution in [2.45, 2.75) is 11.5 Å². The molecule has 0 N–H and O–H groups in total.